The van der Waals surface area contributed by atoms with E-state index < -0.39 is 24.6 Å². The average Bonchev–Trinajstić information content (AvgIpc) is 2.42. The van der Waals surface area contributed by atoms with E-state index in [1.165, 1.54) is 0 Å². The topological polar surface area (TPSA) is 114 Å². The lowest BCUT2D eigenvalue weighted by molar-refractivity contribution is -0.726. The first-order chi connectivity index (χ1) is 10.1. The summed E-state index contributed by atoms with van der Waals surface area (Å²) < 4.78 is 4.74. The molecule has 1 aromatic rings. The molecule has 1 saturated heterocycles. The molecule has 0 atom stereocenters. The molecule has 0 radical (unpaired) electrons. The van der Waals surface area contributed by atoms with E-state index in [-0.39, 0.29) is 18.1 Å². The summed E-state index contributed by atoms with van der Waals surface area (Å²) in [6.45, 7) is -0.381. The van der Waals surface area contributed by atoms with Gasteiger partial charge in [-0.15, -0.1) is 5.01 Å². The number of hydrogen-bond donors (Lipinski definition) is 1. The number of hydrogen-bond acceptors (Lipinski definition) is 6. The van der Waals surface area contributed by atoms with Gasteiger partial charge in [-0.2, -0.15) is 0 Å². The zero-order chi connectivity index (χ0) is 15.2. The Bertz CT molecular complexity index is 541. The number of esters is 1. The second-order valence-corrected chi connectivity index (χ2v) is 4.29. The molecule has 9 nitrogen and oxygen atoms in total. The molecule has 21 heavy (non-hydrogen) atoms. The standard InChI is InChI=1S/C12H13N3O6/c16-11(17)10-6-14(7-10)15(19)13-21-8-20-12(18)9-4-2-1-3-5-9/h1-5,10H,6-8H2,(H,16,17)/b15-13+. The number of hydrazine groups is 1. The number of rotatable bonds is 6. The molecule has 0 amide bonds. The highest BCUT2D eigenvalue weighted by atomic mass is 16.8. The molecule has 1 fully saturated rings. The van der Waals surface area contributed by atoms with E-state index in [1.807, 2.05) is 0 Å². The first-order valence-corrected chi connectivity index (χ1v) is 6.08. The van der Waals surface area contributed by atoms with Gasteiger partial charge in [0.2, 0.25) is 5.28 Å². The van der Waals surface area contributed by atoms with Gasteiger partial charge in [0.25, 0.3) is 6.79 Å². The van der Waals surface area contributed by atoms with Crippen molar-refractivity contribution in [1.82, 2.24) is 5.01 Å². The number of carboxylic acid groups (broad SMARTS) is 1. The van der Waals surface area contributed by atoms with Gasteiger partial charge >= 0.3 is 11.9 Å². The Morgan fingerprint density at radius 3 is 2.67 bits per heavy atom. The minimum absolute atomic E-state index is 0.0650. The molecule has 0 bridgehead atoms. The third-order valence-corrected chi connectivity index (χ3v) is 2.83. The van der Waals surface area contributed by atoms with Crippen molar-refractivity contribution in [3.05, 3.63) is 41.1 Å². The van der Waals surface area contributed by atoms with Gasteiger partial charge in [0.1, 0.15) is 5.92 Å². The van der Waals surface area contributed by atoms with Crippen LogP contribution < -0.4 is 0 Å². The number of carbonyl (C=O) groups is 2. The fraction of sp³-hybridized carbons (Fsp3) is 0.333. The Labute approximate surface area is 119 Å². The van der Waals surface area contributed by atoms with E-state index in [0.29, 0.717) is 5.56 Å². The molecule has 0 aromatic heterocycles. The fourth-order valence-corrected chi connectivity index (χ4v) is 1.61. The molecule has 0 saturated carbocycles. The van der Waals surface area contributed by atoms with Crippen molar-refractivity contribution in [2.75, 3.05) is 19.9 Å². The van der Waals surface area contributed by atoms with E-state index in [4.69, 9.17) is 9.84 Å². The van der Waals surface area contributed by atoms with Gasteiger partial charge in [-0.1, -0.05) is 18.2 Å². The highest BCUT2D eigenvalue weighted by Gasteiger charge is 2.38. The van der Waals surface area contributed by atoms with E-state index in [0.717, 1.165) is 5.01 Å². The highest BCUT2D eigenvalue weighted by Crippen LogP contribution is 2.15. The Balaban J connectivity index is 1.69. The molecule has 0 spiro atoms. The Morgan fingerprint density at radius 1 is 1.38 bits per heavy atom. The third-order valence-electron chi connectivity index (χ3n) is 2.83. The third kappa shape index (κ3) is 3.81. The van der Waals surface area contributed by atoms with Gasteiger partial charge in [-0.25, -0.2) is 4.79 Å². The summed E-state index contributed by atoms with van der Waals surface area (Å²) in [6.07, 6.45) is 0. The zero-order valence-electron chi connectivity index (χ0n) is 10.9. The summed E-state index contributed by atoms with van der Waals surface area (Å²) in [5.41, 5.74) is 0.354. The first-order valence-electron chi connectivity index (χ1n) is 6.08. The fourth-order valence-electron chi connectivity index (χ4n) is 1.61. The van der Waals surface area contributed by atoms with Crippen LogP contribution in [0.2, 0.25) is 0 Å². The zero-order valence-corrected chi connectivity index (χ0v) is 10.9. The maximum absolute atomic E-state index is 11.5. The van der Waals surface area contributed by atoms with Crippen molar-refractivity contribution in [2.45, 2.75) is 0 Å². The average molecular weight is 295 g/mol. The Morgan fingerprint density at radius 2 is 2.05 bits per heavy atom. The largest absolute Gasteiger partial charge is 0.569 e. The number of nitrogens with zero attached hydrogens (tertiary/aromatic N) is 3. The van der Waals surface area contributed by atoms with Crippen LogP contribution in [0.1, 0.15) is 10.4 Å². The molecule has 0 aliphatic carbocycles. The molecule has 1 aliphatic rings. The maximum atomic E-state index is 11.5. The molecular weight excluding hydrogens is 282 g/mol. The van der Waals surface area contributed by atoms with Gasteiger partial charge in [0.15, 0.2) is 0 Å². The van der Waals surface area contributed by atoms with Crippen molar-refractivity contribution in [3.63, 3.8) is 0 Å². The number of benzene rings is 1. The second kappa shape index (κ2) is 6.55. The van der Waals surface area contributed by atoms with Crippen LogP contribution in [-0.2, 0) is 14.4 Å². The smallest absolute Gasteiger partial charge is 0.341 e. The van der Waals surface area contributed by atoms with Crippen molar-refractivity contribution >= 4 is 11.9 Å². The summed E-state index contributed by atoms with van der Waals surface area (Å²) >= 11 is 0. The summed E-state index contributed by atoms with van der Waals surface area (Å²) in [5.74, 6) is -2.14. The number of carboxylic acids is 1. The van der Waals surface area contributed by atoms with Crippen molar-refractivity contribution in [3.8, 4) is 0 Å². The van der Waals surface area contributed by atoms with Crippen LogP contribution >= 0.6 is 0 Å². The molecule has 2 rings (SSSR count). The van der Waals surface area contributed by atoms with Crippen LogP contribution in [-0.4, -0.2) is 46.9 Å². The van der Waals surface area contributed by atoms with Gasteiger partial charge in [0, 0.05) is 0 Å². The summed E-state index contributed by atoms with van der Waals surface area (Å²) in [6, 6.07) is 8.28. The predicted octanol–water partition coefficient (Wildman–Crippen LogP) is 0.626. The minimum Gasteiger partial charge on any atom is -0.569 e. The molecule has 112 valence electrons. The van der Waals surface area contributed by atoms with Crippen molar-refractivity contribution in [1.29, 1.82) is 0 Å². The van der Waals surface area contributed by atoms with E-state index in [1.54, 1.807) is 30.3 Å². The van der Waals surface area contributed by atoms with Gasteiger partial charge in [-0.05, 0) is 12.1 Å². The van der Waals surface area contributed by atoms with Crippen LogP contribution in [0.3, 0.4) is 0 Å². The molecule has 1 aromatic carbocycles. The maximum Gasteiger partial charge on any atom is 0.341 e. The molecule has 1 N–H and O–H groups in total. The van der Waals surface area contributed by atoms with E-state index in [9.17, 15) is 14.8 Å². The lowest BCUT2D eigenvalue weighted by Gasteiger charge is -2.30. The van der Waals surface area contributed by atoms with E-state index >= 15 is 0 Å². The number of aliphatic carboxylic acids is 1. The molecular formula is C12H13N3O6. The van der Waals surface area contributed by atoms with Crippen molar-refractivity contribution < 1.29 is 29.2 Å². The van der Waals surface area contributed by atoms with Gasteiger partial charge in [-0.3, -0.25) is 4.79 Å². The first kappa shape index (κ1) is 14.6. The minimum atomic E-state index is -0.961. The molecule has 1 aliphatic heterocycles. The predicted molar refractivity (Wildman–Crippen MR) is 66.6 cm³/mol. The van der Waals surface area contributed by atoms with Crippen LogP contribution in [0.15, 0.2) is 35.6 Å². The molecule has 0 unspecified atom stereocenters. The highest BCUT2D eigenvalue weighted by molar-refractivity contribution is 5.89. The number of carbonyl (C=O) groups excluding carboxylic acids is 1. The quantitative estimate of drug-likeness (QED) is 0.204. The van der Waals surface area contributed by atoms with Gasteiger partial charge < -0.3 is 19.9 Å². The molecule has 1 heterocycles. The van der Waals surface area contributed by atoms with Crippen LogP contribution in [0.4, 0.5) is 0 Å². The summed E-state index contributed by atoms with van der Waals surface area (Å²) in [5, 5.41) is 24.3. The van der Waals surface area contributed by atoms with Crippen molar-refractivity contribution in [2.24, 2.45) is 11.2 Å². The summed E-state index contributed by atoms with van der Waals surface area (Å²) in [4.78, 5) is 26.7. The SMILES string of the molecule is O=C(OCO/N=[N+](/[O-])N1CC(C(=O)O)C1)c1ccccc1. The lowest BCUT2D eigenvalue weighted by atomic mass is 10.0. The van der Waals surface area contributed by atoms with Crippen LogP contribution in [0, 0.1) is 11.1 Å². The second-order valence-electron chi connectivity index (χ2n) is 4.29. The Hall–Kier alpha value is -2.84. The van der Waals surface area contributed by atoms with Crippen LogP contribution in [0.5, 0.6) is 0 Å². The normalized spacial score (nSPS) is 15.2. The van der Waals surface area contributed by atoms with Crippen LogP contribution in [0.25, 0.3) is 0 Å². The summed E-state index contributed by atoms with van der Waals surface area (Å²) in [7, 11) is 0. The monoisotopic (exact) mass is 295 g/mol. The molecule has 9 heteroatoms. The number of ether oxygens (including phenoxy) is 1. The van der Waals surface area contributed by atoms with E-state index in [2.05, 4.69) is 10.1 Å². The lowest BCUT2D eigenvalue weighted by Crippen LogP contribution is -2.53. The Kier molecular flexibility index (Phi) is 4.54. The van der Waals surface area contributed by atoms with Gasteiger partial charge in [0.05, 0.1) is 23.6 Å².